The van der Waals surface area contributed by atoms with E-state index in [0.717, 1.165) is 19.0 Å². The molecule has 194 valence electrons. The molecule has 2 aromatic carbocycles. The van der Waals surface area contributed by atoms with Gasteiger partial charge in [-0.05, 0) is 68.0 Å². The van der Waals surface area contributed by atoms with E-state index >= 15 is 0 Å². The van der Waals surface area contributed by atoms with Gasteiger partial charge in [0.05, 0.1) is 11.7 Å². The number of hydrogen-bond acceptors (Lipinski definition) is 5. The molecule has 0 radical (unpaired) electrons. The molecule has 1 aliphatic heterocycles. The van der Waals surface area contributed by atoms with E-state index in [4.69, 9.17) is 9.47 Å². The third-order valence-electron chi connectivity index (χ3n) is 7.11. The zero-order valence-corrected chi connectivity index (χ0v) is 21.5. The molecule has 1 saturated carbocycles. The molecule has 2 aromatic rings. The Morgan fingerprint density at radius 1 is 1.17 bits per heavy atom. The molecule has 0 saturated heterocycles. The summed E-state index contributed by atoms with van der Waals surface area (Å²) in [4.78, 5) is 30.3. The number of hydrogen-bond donors (Lipinski definition) is 1. The number of ether oxygens (including phenoxy) is 2. The molecule has 4 rings (SSSR count). The quantitative estimate of drug-likeness (QED) is 0.667. The number of nitrogens with one attached hydrogen (secondary N) is 1. The summed E-state index contributed by atoms with van der Waals surface area (Å²) >= 11 is 0. The third kappa shape index (κ3) is 6.42. The average Bonchev–Trinajstić information content (AvgIpc) is 3.68. The highest BCUT2D eigenvalue weighted by molar-refractivity contribution is 6.05. The highest BCUT2D eigenvalue weighted by Gasteiger charge is 2.31. The van der Waals surface area contributed by atoms with E-state index in [0.29, 0.717) is 30.2 Å². The second-order valence-corrected chi connectivity index (χ2v) is 10.2. The Morgan fingerprint density at radius 3 is 2.64 bits per heavy atom. The first-order chi connectivity index (χ1) is 17.2. The van der Waals surface area contributed by atoms with Gasteiger partial charge in [0.25, 0.3) is 11.8 Å². The lowest BCUT2D eigenvalue weighted by Crippen LogP contribution is -2.47. The maximum Gasteiger partial charge on any atom is 0.257 e. The van der Waals surface area contributed by atoms with Crippen LogP contribution >= 0.6 is 0 Å². The largest absolute Gasteiger partial charge is 0.491 e. The zero-order valence-electron chi connectivity index (χ0n) is 21.5. The van der Waals surface area contributed by atoms with Crippen LogP contribution in [0, 0.1) is 17.7 Å². The van der Waals surface area contributed by atoms with Gasteiger partial charge >= 0.3 is 0 Å². The first-order valence-electron chi connectivity index (χ1n) is 12.6. The topological polar surface area (TPSA) is 71.1 Å². The van der Waals surface area contributed by atoms with E-state index in [-0.39, 0.29) is 29.5 Å². The number of fused-ring (bicyclic) bond motifs is 1. The Labute approximate surface area is 212 Å². The molecule has 1 aliphatic carbocycles. The van der Waals surface area contributed by atoms with Gasteiger partial charge in [0.1, 0.15) is 18.2 Å². The van der Waals surface area contributed by atoms with Crippen molar-refractivity contribution in [2.75, 3.05) is 45.7 Å². The second kappa shape index (κ2) is 11.4. The van der Waals surface area contributed by atoms with Crippen LogP contribution in [0.25, 0.3) is 0 Å². The van der Waals surface area contributed by atoms with E-state index in [9.17, 15) is 14.0 Å². The number of halogens is 1. The number of rotatable bonds is 5. The summed E-state index contributed by atoms with van der Waals surface area (Å²) in [5, 5.41) is 2.76. The van der Waals surface area contributed by atoms with Crippen molar-refractivity contribution in [3.63, 3.8) is 0 Å². The van der Waals surface area contributed by atoms with Crippen molar-refractivity contribution in [1.29, 1.82) is 0 Å². The van der Waals surface area contributed by atoms with Crippen LogP contribution in [-0.4, -0.2) is 74.2 Å². The Hall–Kier alpha value is -2.97. The molecule has 0 bridgehead atoms. The molecule has 0 aromatic heterocycles. The van der Waals surface area contributed by atoms with Crippen molar-refractivity contribution in [2.24, 2.45) is 11.8 Å². The fraction of sp³-hybridized carbons (Fsp3) is 0.500. The van der Waals surface area contributed by atoms with Crippen molar-refractivity contribution in [1.82, 2.24) is 9.80 Å². The van der Waals surface area contributed by atoms with Crippen molar-refractivity contribution < 1.29 is 23.5 Å². The van der Waals surface area contributed by atoms with Crippen LogP contribution < -0.4 is 10.1 Å². The minimum atomic E-state index is -0.489. The van der Waals surface area contributed by atoms with Crippen molar-refractivity contribution in [2.45, 2.75) is 38.8 Å². The van der Waals surface area contributed by atoms with Crippen LogP contribution in [0.2, 0.25) is 0 Å². The number of methoxy groups -OCH3 is 1. The van der Waals surface area contributed by atoms with Crippen LogP contribution in [0.4, 0.5) is 10.1 Å². The molecule has 8 heteroatoms. The Balaban J connectivity index is 1.61. The Kier molecular flexibility index (Phi) is 8.26. The van der Waals surface area contributed by atoms with E-state index in [1.54, 1.807) is 37.3 Å². The van der Waals surface area contributed by atoms with Gasteiger partial charge in [-0.15, -0.1) is 0 Å². The van der Waals surface area contributed by atoms with Gasteiger partial charge in [0.2, 0.25) is 0 Å². The molecule has 1 N–H and O–H groups in total. The molecule has 2 aliphatic rings. The van der Waals surface area contributed by atoms with Gasteiger partial charge in [-0.3, -0.25) is 14.5 Å². The van der Waals surface area contributed by atoms with Gasteiger partial charge < -0.3 is 19.7 Å². The predicted molar refractivity (Wildman–Crippen MR) is 137 cm³/mol. The van der Waals surface area contributed by atoms with Gasteiger partial charge in [-0.1, -0.05) is 13.0 Å². The van der Waals surface area contributed by atoms with Gasteiger partial charge in [0.15, 0.2) is 0 Å². The lowest BCUT2D eigenvalue weighted by Gasteiger charge is -2.36. The van der Waals surface area contributed by atoms with Crippen molar-refractivity contribution >= 4 is 17.5 Å². The summed E-state index contributed by atoms with van der Waals surface area (Å²) in [5.41, 5.74) is 0.989. The number of anilines is 1. The summed E-state index contributed by atoms with van der Waals surface area (Å²) < 4.78 is 25.6. The van der Waals surface area contributed by atoms with Gasteiger partial charge in [-0.25, -0.2) is 4.39 Å². The molecule has 7 nitrogen and oxygen atoms in total. The highest BCUT2D eigenvalue weighted by Crippen LogP contribution is 2.32. The molecular weight excluding hydrogens is 461 g/mol. The van der Waals surface area contributed by atoms with Crippen LogP contribution in [-0.2, 0) is 4.74 Å². The standard InChI is InChI=1S/C28H36FN3O4/c1-18-14-32(15-20-8-9-20)19(2)17-36-25-11-10-23(30-27(33)21-6-5-7-22(29)12-21)13-24(25)28(34)31(3)16-26(18)35-4/h5-7,10-13,18-20,26H,8-9,14-17H2,1-4H3,(H,30,33)/t18-,19+,26-/m0/s1. The number of amides is 2. The van der Waals surface area contributed by atoms with Gasteiger partial charge in [0, 0.05) is 51.1 Å². The minimum absolute atomic E-state index is 0.118. The number of benzene rings is 2. The first kappa shape index (κ1) is 26.1. The number of nitrogens with zero attached hydrogens (tertiary/aromatic N) is 2. The lowest BCUT2D eigenvalue weighted by atomic mass is 10.0. The molecule has 1 heterocycles. The first-order valence-corrected chi connectivity index (χ1v) is 12.6. The molecular formula is C28H36FN3O4. The van der Waals surface area contributed by atoms with Crippen LogP contribution in [0.5, 0.6) is 5.75 Å². The van der Waals surface area contributed by atoms with E-state index < -0.39 is 11.7 Å². The summed E-state index contributed by atoms with van der Waals surface area (Å²) in [6.45, 7) is 7.11. The summed E-state index contributed by atoms with van der Waals surface area (Å²) in [6, 6.07) is 10.7. The fourth-order valence-electron chi connectivity index (χ4n) is 4.65. The number of carbonyl (C=O) groups is 2. The molecule has 2 amide bonds. The van der Waals surface area contributed by atoms with E-state index in [1.807, 2.05) is 0 Å². The normalized spacial score (nSPS) is 23.8. The monoisotopic (exact) mass is 497 g/mol. The number of likely N-dealkylation sites (N-methyl/N-ethyl adjacent to an activating group) is 1. The average molecular weight is 498 g/mol. The minimum Gasteiger partial charge on any atom is -0.491 e. The summed E-state index contributed by atoms with van der Waals surface area (Å²) in [5.74, 6) is 0.274. The van der Waals surface area contributed by atoms with Crippen molar-refractivity contribution in [3.8, 4) is 5.75 Å². The number of carbonyl (C=O) groups excluding carboxylic acids is 2. The predicted octanol–water partition coefficient (Wildman–Crippen LogP) is 4.29. The van der Waals surface area contributed by atoms with E-state index in [1.165, 1.54) is 37.1 Å². The van der Waals surface area contributed by atoms with Crippen LogP contribution in [0.15, 0.2) is 42.5 Å². The maximum atomic E-state index is 13.6. The van der Waals surface area contributed by atoms with Gasteiger partial charge in [-0.2, -0.15) is 0 Å². The SMILES string of the molecule is CO[C@H]1CN(C)C(=O)c2cc(NC(=O)c3cccc(F)c3)ccc2OC[C@@H](C)N(CC2CC2)C[C@@H]1C. The van der Waals surface area contributed by atoms with Crippen LogP contribution in [0.3, 0.4) is 0 Å². The van der Waals surface area contributed by atoms with E-state index in [2.05, 4.69) is 24.1 Å². The Morgan fingerprint density at radius 2 is 1.94 bits per heavy atom. The van der Waals surface area contributed by atoms with Crippen LogP contribution in [0.1, 0.15) is 47.4 Å². The summed E-state index contributed by atoms with van der Waals surface area (Å²) in [7, 11) is 3.44. The highest BCUT2D eigenvalue weighted by atomic mass is 19.1. The molecule has 36 heavy (non-hydrogen) atoms. The molecule has 1 fully saturated rings. The Bertz CT molecular complexity index is 1090. The fourth-order valence-corrected chi connectivity index (χ4v) is 4.65. The maximum absolute atomic E-state index is 13.6. The van der Waals surface area contributed by atoms with Crippen molar-refractivity contribution in [3.05, 3.63) is 59.4 Å². The zero-order chi connectivity index (χ0) is 25.8. The lowest BCUT2D eigenvalue weighted by molar-refractivity contribution is 0.00994. The molecule has 3 atom stereocenters. The third-order valence-corrected chi connectivity index (χ3v) is 7.11. The summed E-state index contributed by atoms with van der Waals surface area (Å²) in [6.07, 6.45) is 2.43. The molecule has 0 spiro atoms. The molecule has 0 unspecified atom stereocenters. The second-order valence-electron chi connectivity index (χ2n) is 10.2. The smallest absolute Gasteiger partial charge is 0.257 e.